The number of hydrogen-bond acceptors (Lipinski definition) is 3. The van der Waals surface area contributed by atoms with Gasteiger partial charge in [0.05, 0.1) is 11.4 Å². The molecule has 0 amide bonds. The molecular weight excluding hydrogens is 200 g/mol. The first-order valence-electron chi connectivity index (χ1n) is 5.65. The molecule has 0 unspecified atom stereocenters. The first kappa shape index (κ1) is 11.0. The van der Waals surface area contributed by atoms with Gasteiger partial charge < -0.3 is 0 Å². The molecule has 2 rings (SSSR count). The fraction of sp³-hybridized carbons (Fsp3) is 0.583. The van der Waals surface area contributed by atoms with Crippen LogP contribution in [0.1, 0.15) is 44.4 Å². The molecule has 0 saturated carbocycles. The average Bonchev–Trinajstić information content (AvgIpc) is 2.70. The Hall–Kier alpha value is -1.45. The van der Waals surface area contributed by atoms with E-state index in [-0.39, 0.29) is 5.41 Å². The van der Waals surface area contributed by atoms with Gasteiger partial charge in [0, 0.05) is 11.6 Å². The van der Waals surface area contributed by atoms with Crippen molar-refractivity contribution in [3.63, 3.8) is 0 Å². The summed E-state index contributed by atoms with van der Waals surface area (Å²) >= 11 is 0. The third-order valence-corrected chi connectivity index (χ3v) is 3.20. The number of rotatable bonds is 2. The first-order chi connectivity index (χ1) is 7.45. The molecule has 86 valence electrons. The van der Waals surface area contributed by atoms with Gasteiger partial charge in [0.1, 0.15) is 0 Å². The summed E-state index contributed by atoms with van der Waals surface area (Å²) in [5, 5.41) is 4.58. The number of nitrogens with zero attached hydrogens (tertiary/aromatic N) is 4. The van der Waals surface area contributed by atoms with Crippen LogP contribution in [0.5, 0.6) is 0 Å². The van der Waals surface area contributed by atoms with E-state index >= 15 is 0 Å². The van der Waals surface area contributed by atoms with Gasteiger partial charge in [-0.2, -0.15) is 5.10 Å². The van der Waals surface area contributed by atoms with Crippen molar-refractivity contribution in [2.45, 2.75) is 46.5 Å². The summed E-state index contributed by atoms with van der Waals surface area (Å²) in [6, 6.07) is 0. The Labute approximate surface area is 95.7 Å². The van der Waals surface area contributed by atoms with E-state index in [1.165, 1.54) is 0 Å². The Bertz CT molecular complexity index is 486. The van der Waals surface area contributed by atoms with E-state index in [4.69, 9.17) is 0 Å². The van der Waals surface area contributed by atoms with Gasteiger partial charge in [-0.1, -0.05) is 20.8 Å². The Morgan fingerprint density at radius 1 is 1.31 bits per heavy atom. The van der Waals surface area contributed by atoms with Crippen LogP contribution in [0.4, 0.5) is 0 Å². The summed E-state index contributed by atoms with van der Waals surface area (Å²) in [6.07, 6.45) is 2.86. The fourth-order valence-corrected chi connectivity index (χ4v) is 1.54. The maximum absolute atomic E-state index is 4.60. The summed E-state index contributed by atoms with van der Waals surface area (Å²) < 4.78 is 1.88. The van der Waals surface area contributed by atoms with Gasteiger partial charge in [-0.05, 0) is 20.3 Å². The minimum Gasteiger partial charge on any atom is -0.256 e. The fourth-order valence-electron chi connectivity index (χ4n) is 1.54. The number of fused-ring (bicyclic) bond motifs is 1. The van der Waals surface area contributed by atoms with Crippen LogP contribution in [-0.4, -0.2) is 19.6 Å². The lowest BCUT2D eigenvalue weighted by Crippen LogP contribution is -2.17. The highest BCUT2D eigenvalue weighted by atomic mass is 15.3. The topological polar surface area (TPSA) is 43.1 Å². The molecule has 0 saturated heterocycles. The van der Waals surface area contributed by atoms with Gasteiger partial charge in [-0.15, -0.1) is 0 Å². The van der Waals surface area contributed by atoms with Crippen LogP contribution >= 0.6 is 0 Å². The summed E-state index contributed by atoms with van der Waals surface area (Å²) in [4.78, 5) is 8.91. The van der Waals surface area contributed by atoms with Crippen LogP contribution < -0.4 is 0 Å². The maximum atomic E-state index is 4.60. The lowest BCUT2D eigenvalue weighted by atomic mass is 9.90. The van der Waals surface area contributed by atoms with Gasteiger partial charge in [0.15, 0.2) is 11.5 Å². The molecule has 2 heterocycles. The molecule has 0 spiro atoms. The SMILES string of the molecule is CCC(C)(C)c1nc2c(C)ncc(C)n2n1. The molecule has 16 heavy (non-hydrogen) atoms. The van der Waals surface area contributed by atoms with Crippen molar-refractivity contribution in [3.05, 3.63) is 23.4 Å². The second-order valence-corrected chi connectivity index (χ2v) is 4.89. The van der Waals surface area contributed by atoms with E-state index in [1.54, 1.807) is 0 Å². The van der Waals surface area contributed by atoms with Crippen molar-refractivity contribution in [1.82, 2.24) is 19.6 Å². The van der Waals surface area contributed by atoms with Crippen LogP contribution in [-0.2, 0) is 5.41 Å². The third-order valence-electron chi connectivity index (χ3n) is 3.20. The molecule has 0 radical (unpaired) electrons. The summed E-state index contributed by atoms with van der Waals surface area (Å²) in [5.74, 6) is 0.897. The molecule has 4 heteroatoms. The zero-order valence-corrected chi connectivity index (χ0v) is 10.6. The molecule has 0 aliphatic heterocycles. The highest BCUT2D eigenvalue weighted by molar-refractivity contribution is 5.43. The maximum Gasteiger partial charge on any atom is 0.177 e. The van der Waals surface area contributed by atoms with Gasteiger partial charge in [0.2, 0.25) is 0 Å². The van der Waals surface area contributed by atoms with Gasteiger partial charge in [-0.3, -0.25) is 4.98 Å². The zero-order chi connectivity index (χ0) is 11.9. The van der Waals surface area contributed by atoms with Crippen molar-refractivity contribution in [2.75, 3.05) is 0 Å². The second kappa shape index (κ2) is 3.54. The van der Waals surface area contributed by atoms with Gasteiger partial charge in [-0.25, -0.2) is 9.50 Å². The lowest BCUT2D eigenvalue weighted by molar-refractivity contribution is 0.472. The Balaban J connectivity index is 2.69. The van der Waals surface area contributed by atoms with Crippen LogP contribution in [0.15, 0.2) is 6.20 Å². The molecule has 0 bridgehead atoms. The van der Waals surface area contributed by atoms with Crippen LogP contribution in [0.25, 0.3) is 5.65 Å². The van der Waals surface area contributed by atoms with Crippen molar-refractivity contribution in [3.8, 4) is 0 Å². The monoisotopic (exact) mass is 218 g/mol. The van der Waals surface area contributed by atoms with E-state index in [1.807, 2.05) is 24.6 Å². The summed E-state index contributed by atoms with van der Waals surface area (Å²) in [5.41, 5.74) is 2.84. The van der Waals surface area contributed by atoms with Crippen LogP contribution in [0, 0.1) is 13.8 Å². The van der Waals surface area contributed by atoms with E-state index in [0.717, 1.165) is 29.3 Å². The summed E-state index contributed by atoms with van der Waals surface area (Å²) in [6.45, 7) is 10.5. The number of hydrogen-bond donors (Lipinski definition) is 0. The molecule has 2 aromatic heterocycles. The molecule has 2 aromatic rings. The standard InChI is InChI=1S/C12H18N4/c1-6-12(4,5)11-14-10-9(3)13-7-8(2)16(10)15-11/h7H,6H2,1-5H3. The quantitative estimate of drug-likeness (QED) is 0.777. The van der Waals surface area contributed by atoms with E-state index in [9.17, 15) is 0 Å². The zero-order valence-electron chi connectivity index (χ0n) is 10.6. The molecule has 0 aliphatic rings. The highest BCUT2D eigenvalue weighted by Crippen LogP contribution is 2.24. The molecule has 0 aromatic carbocycles. The molecule has 0 atom stereocenters. The first-order valence-corrected chi connectivity index (χ1v) is 5.65. The molecule has 0 fully saturated rings. The van der Waals surface area contributed by atoms with Crippen LogP contribution in [0.2, 0.25) is 0 Å². The van der Waals surface area contributed by atoms with Crippen LogP contribution in [0.3, 0.4) is 0 Å². The minimum atomic E-state index is 0.0187. The van der Waals surface area contributed by atoms with Gasteiger partial charge >= 0.3 is 0 Å². The van der Waals surface area contributed by atoms with Gasteiger partial charge in [0.25, 0.3) is 0 Å². The second-order valence-electron chi connectivity index (χ2n) is 4.89. The van der Waals surface area contributed by atoms with Crippen molar-refractivity contribution in [2.24, 2.45) is 0 Å². The lowest BCUT2D eigenvalue weighted by Gasteiger charge is -2.17. The molecule has 4 nitrogen and oxygen atoms in total. The predicted molar refractivity (Wildman–Crippen MR) is 63.6 cm³/mol. The number of aromatic nitrogens is 4. The van der Waals surface area contributed by atoms with Crippen molar-refractivity contribution < 1.29 is 0 Å². The molecular formula is C12H18N4. The largest absolute Gasteiger partial charge is 0.256 e. The molecule has 0 aliphatic carbocycles. The smallest absolute Gasteiger partial charge is 0.177 e. The number of aryl methyl sites for hydroxylation is 2. The highest BCUT2D eigenvalue weighted by Gasteiger charge is 2.24. The van der Waals surface area contributed by atoms with Crippen molar-refractivity contribution in [1.29, 1.82) is 0 Å². The Morgan fingerprint density at radius 2 is 2.00 bits per heavy atom. The Morgan fingerprint density at radius 3 is 2.56 bits per heavy atom. The van der Waals surface area contributed by atoms with Crippen molar-refractivity contribution >= 4 is 5.65 Å². The summed E-state index contributed by atoms with van der Waals surface area (Å²) in [7, 11) is 0. The minimum absolute atomic E-state index is 0.0187. The third kappa shape index (κ3) is 1.58. The molecule has 0 N–H and O–H groups in total. The normalized spacial score (nSPS) is 12.3. The van der Waals surface area contributed by atoms with E-state index in [0.29, 0.717) is 0 Å². The average molecular weight is 218 g/mol. The Kier molecular flexibility index (Phi) is 2.45. The van der Waals surface area contributed by atoms with E-state index < -0.39 is 0 Å². The predicted octanol–water partition coefficient (Wildman–Crippen LogP) is 2.43. The van der Waals surface area contributed by atoms with E-state index in [2.05, 4.69) is 35.8 Å².